The van der Waals surface area contributed by atoms with Crippen molar-refractivity contribution in [2.45, 2.75) is 45.6 Å². The summed E-state index contributed by atoms with van der Waals surface area (Å²) < 4.78 is 28.4. The van der Waals surface area contributed by atoms with Crippen molar-refractivity contribution in [3.8, 4) is 11.1 Å². The Morgan fingerprint density at radius 1 is 0.905 bits per heavy atom. The van der Waals surface area contributed by atoms with Crippen molar-refractivity contribution in [1.82, 2.24) is 5.32 Å². The molecule has 4 rings (SSSR count). The molecule has 0 aliphatic heterocycles. The molecule has 11 heteroatoms. The molecule has 3 aromatic rings. The van der Waals surface area contributed by atoms with Gasteiger partial charge in [-0.15, -0.1) is 0 Å². The maximum atomic E-state index is 13.3. The molecule has 1 aliphatic carbocycles. The average Bonchev–Trinajstić information content (AvgIpc) is 2.93. The third kappa shape index (κ3) is 7.22. The minimum Gasteiger partial charge on any atom is -0.384 e. The van der Waals surface area contributed by atoms with E-state index in [1.807, 2.05) is 0 Å². The van der Waals surface area contributed by atoms with Crippen molar-refractivity contribution in [2.75, 3.05) is 11.6 Å². The van der Waals surface area contributed by atoms with Gasteiger partial charge in [-0.2, -0.15) is 8.42 Å². The number of nitrogens with two attached hydrogens (primary N) is 1. The van der Waals surface area contributed by atoms with Crippen LogP contribution < -0.4 is 16.4 Å². The smallest absolute Gasteiger partial charge is 0.354 e. The Kier molecular flexibility index (Phi) is 8.81. The van der Waals surface area contributed by atoms with Gasteiger partial charge in [-0.1, -0.05) is 51.0 Å². The Bertz CT molecular complexity index is 1650. The zero-order valence-corrected chi connectivity index (χ0v) is 24.5. The number of amides is 2. The van der Waals surface area contributed by atoms with E-state index in [1.54, 1.807) is 48.5 Å². The first kappa shape index (κ1) is 30.4. The lowest BCUT2D eigenvalue weighted by Crippen LogP contribution is -2.46. The number of hydrogen-bond donors (Lipinski definition) is 4. The fourth-order valence-corrected chi connectivity index (χ4v) is 5.49. The lowest BCUT2D eigenvalue weighted by atomic mass is 9.73. The SMILES string of the molecule is CC1(C)CCCCC1NC(=O)c1ccc(-c2ccccc2C(=O)Nc2ccc(C(=N)N)cc2)c(C(=O)OS(C)(=O)=O)c1. The van der Waals surface area contributed by atoms with E-state index in [4.69, 9.17) is 15.3 Å². The summed E-state index contributed by atoms with van der Waals surface area (Å²) in [4.78, 5) is 39.7. The van der Waals surface area contributed by atoms with Gasteiger partial charge in [-0.25, -0.2) is 4.79 Å². The Hall–Kier alpha value is -4.51. The molecule has 0 aromatic heterocycles. The summed E-state index contributed by atoms with van der Waals surface area (Å²) in [7, 11) is -4.17. The summed E-state index contributed by atoms with van der Waals surface area (Å²) in [6.45, 7) is 4.21. The van der Waals surface area contributed by atoms with Crippen LogP contribution in [-0.4, -0.2) is 44.3 Å². The van der Waals surface area contributed by atoms with Crippen molar-refractivity contribution >= 4 is 39.4 Å². The normalized spacial score (nSPS) is 16.2. The second-order valence-electron chi connectivity index (χ2n) is 11.1. The number of nitrogens with one attached hydrogen (secondary N) is 3. The number of carbonyl (C=O) groups excluding carboxylic acids is 3. The minimum absolute atomic E-state index is 0.0567. The number of hydrogen-bond acceptors (Lipinski definition) is 7. The number of nitrogen functional groups attached to an aromatic ring is 1. The van der Waals surface area contributed by atoms with E-state index in [-0.39, 0.29) is 39.5 Å². The molecule has 0 radical (unpaired) electrons. The van der Waals surface area contributed by atoms with Crippen LogP contribution in [0, 0.1) is 10.8 Å². The topological polar surface area (TPSA) is 169 Å². The maximum Gasteiger partial charge on any atom is 0.354 e. The van der Waals surface area contributed by atoms with E-state index in [0.29, 0.717) is 16.8 Å². The van der Waals surface area contributed by atoms with Crippen LogP contribution >= 0.6 is 0 Å². The van der Waals surface area contributed by atoms with Crippen LogP contribution in [0.1, 0.15) is 76.2 Å². The van der Waals surface area contributed by atoms with Crippen LogP contribution in [0.2, 0.25) is 0 Å². The Labute approximate surface area is 245 Å². The highest BCUT2D eigenvalue weighted by Gasteiger charge is 2.33. The molecule has 0 heterocycles. The maximum absolute atomic E-state index is 13.3. The summed E-state index contributed by atoms with van der Waals surface area (Å²) in [5.41, 5.74) is 7.09. The zero-order chi connectivity index (χ0) is 30.7. The number of benzene rings is 3. The highest BCUT2D eigenvalue weighted by molar-refractivity contribution is 7.86. The first-order valence-corrected chi connectivity index (χ1v) is 15.3. The second kappa shape index (κ2) is 12.2. The van der Waals surface area contributed by atoms with Crippen LogP contribution in [-0.2, 0) is 14.3 Å². The van der Waals surface area contributed by atoms with Gasteiger partial charge in [0.05, 0.1) is 11.8 Å². The Balaban J connectivity index is 1.71. The third-order valence-corrected chi connectivity index (χ3v) is 7.91. The predicted molar refractivity (Wildman–Crippen MR) is 161 cm³/mol. The van der Waals surface area contributed by atoms with Crippen LogP contribution in [0.5, 0.6) is 0 Å². The summed E-state index contributed by atoms with van der Waals surface area (Å²) in [5.74, 6) is -2.17. The lowest BCUT2D eigenvalue weighted by Gasteiger charge is -2.39. The monoisotopic (exact) mass is 590 g/mol. The molecule has 1 aliphatic rings. The molecule has 0 spiro atoms. The standard InChI is InChI=1S/C31H34N4O6S/c1-31(2)17-7-6-10-26(31)35-28(36)20-13-16-23(25(18-20)30(38)41-42(3,39)40)22-8-4-5-9-24(22)29(37)34-21-14-11-19(12-15-21)27(32)33/h4-5,8-9,11-16,18,26H,6-7,10,17H2,1-3H3,(H3,32,33)(H,34,37)(H,35,36). The molecule has 1 atom stereocenters. The number of rotatable bonds is 8. The van der Waals surface area contributed by atoms with Crippen molar-refractivity contribution in [1.29, 1.82) is 5.41 Å². The molecule has 3 aromatic carbocycles. The largest absolute Gasteiger partial charge is 0.384 e. The van der Waals surface area contributed by atoms with Gasteiger partial charge in [0.25, 0.3) is 11.8 Å². The highest BCUT2D eigenvalue weighted by atomic mass is 32.2. The van der Waals surface area contributed by atoms with E-state index in [1.165, 1.54) is 18.2 Å². The van der Waals surface area contributed by atoms with Crippen molar-refractivity contribution in [3.63, 3.8) is 0 Å². The molecular weight excluding hydrogens is 556 g/mol. The molecule has 5 N–H and O–H groups in total. The minimum atomic E-state index is -4.17. The molecule has 1 fully saturated rings. The molecular formula is C31H34N4O6S. The van der Waals surface area contributed by atoms with Gasteiger partial charge in [-0.3, -0.25) is 15.0 Å². The second-order valence-corrected chi connectivity index (χ2v) is 12.7. The van der Waals surface area contributed by atoms with Crippen molar-refractivity contribution in [3.05, 3.63) is 89.0 Å². The van der Waals surface area contributed by atoms with Crippen LogP contribution in [0.25, 0.3) is 11.1 Å². The van der Waals surface area contributed by atoms with E-state index in [0.717, 1.165) is 31.9 Å². The number of carbonyl (C=O) groups is 3. The van der Waals surface area contributed by atoms with Crippen LogP contribution in [0.3, 0.4) is 0 Å². The first-order valence-electron chi connectivity index (χ1n) is 13.5. The fourth-order valence-electron chi connectivity index (χ4n) is 5.12. The molecule has 0 saturated heterocycles. The van der Waals surface area contributed by atoms with E-state index >= 15 is 0 Å². The van der Waals surface area contributed by atoms with E-state index < -0.39 is 27.9 Å². The van der Waals surface area contributed by atoms with Crippen molar-refractivity contribution < 1.29 is 27.0 Å². The van der Waals surface area contributed by atoms with E-state index in [2.05, 4.69) is 24.5 Å². The molecule has 10 nitrogen and oxygen atoms in total. The third-order valence-electron chi connectivity index (χ3n) is 7.46. The van der Waals surface area contributed by atoms with Crippen LogP contribution in [0.15, 0.2) is 66.7 Å². The van der Waals surface area contributed by atoms with Crippen LogP contribution in [0.4, 0.5) is 5.69 Å². The molecule has 2 amide bonds. The lowest BCUT2D eigenvalue weighted by molar-refractivity contribution is 0.0748. The van der Waals surface area contributed by atoms with E-state index in [9.17, 15) is 22.8 Å². The average molecular weight is 591 g/mol. The van der Waals surface area contributed by atoms with Gasteiger partial charge in [0, 0.05) is 28.4 Å². The fraction of sp³-hybridized carbons (Fsp3) is 0.290. The quantitative estimate of drug-likeness (QED) is 0.167. The molecule has 42 heavy (non-hydrogen) atoms. The Morgan fingerprint density at radius 3 is 2.19 bits per heavy atom. The van der Waals surface area contributed by atoms with Gasteiger partial charge in [-0.05, 0) is 71.8 Å². The van der Waals surface area contributed by atoms with Gasteiger partial charge < -0.3 is 20.6 Å². The summed E-state index contributed by atoms with van der Waals surface area (Å²) >= 11 is 0. The van der Waals surface area contributed by atoms with Crippen molar-refractivity contribution in [2.24, 2.45) is 11.1 Å². The highest BCUT2D eigenvalue weighted by Crippen LogP contribution is 2.36. The molecule has 0 bridgehead atoms. The van der Waals surface area contributed by atoms with Gasteiger partial charge in [0.15, 0.2) is 0 Å². The zero-order valence-electron chi connectivity index (χ0n) is 23.7. The Morgan fingerprint density at radius 2 is 1.55 bits per heavy atom. The summed E-state index contributed by atoms with van der Waals surface area (Å²) in [5, 5.41) is 13.4. The summed E-state index contributed by atoms with van der Waals surface area (Å²) in [6.07, 6.45) is 4.65. The number of anilines is 1. The molecule has 1 saturated carbocycles. The molecule has 1 unspecified atom stereocenters. The van der Waals surface area contributed by atoms with Gasteiger partial charge in [0.1, 0.15) is 5.84 Å². The summed E-state index contributed by atoms with van der Waals surface area (Å²) in [6, 6.07) is 17.2. The molecule has 220 valence electrons. The van der Waals surface area contributed by atoms with Gasteiger partial charge in [0.2, 0.25) is 0 Å². The predicted octanol–water partition coefficient (Wildman–Crippen LogP) is 4.70. The first-order chi connectivity index (χ1) is 19.7. The number of amidine groups is 1. The van der Waals surface area contributed by atoms with Gasteiger partial charge >= 0.3 is 16.1 Å².